The molecule has 3 rings (SSSR count). The molecule has 0 radical (unpaired) electrons. The molecule has 6 heteroatoms. The lowest BCUT2D eigenvalue weighted by Gasteiger charge is -2.10. The Kier molecular flexibility index (Phi) is 3.07. The highest BCUT2D eigenvalue weighted by Crippen LogP contribution is 2.31. The molecule has 0 aliphatic carbocycles. The van der Waals surface area contributed by atoms with E-state index in [9.17, 15) is 0 Å². The Hall–Kier alpha value is -1.01. The Labute approximate surface area is 112 Å². The zero-order valence-corrected chi connectivity index (χ0v) is 11.4. The van der Waals surface area contributed by atoms with Crippen LogP contribution in [0, 0.1) is 0 Å². The van der Waals surface area contributed by atoms with Gasteiger partial charge in [-0.05, 0) is 28.1 Å². The first kappa shape index (κ1) is 11.1. The van der Waals surface area contributed by atoms with Gasteiger partial charge in [-0.15, -0.1) is 5.10 Å². The number of para-hydroxylation sites is 1. The van der Waals surface area contributed by atoms with Crippen LogP contribution in [0.5, 0.6) is 0 Å². The number of rotatable bonds is 3. The van der Waals surface area contributed by atoms with Crippen LogP contribution < -0.4 is 5.32 Å². The molecule has 0 amide bonds. The van der Waals surface area contributed by atoms with Gasteiger partial charge in [0.25, 0.3) is 0 Å². The van der Waals surface area contributed by atoms with E-state index in [4.69, 9.17) is 0 Å². The fraction of sp³-hybridized carbons (Fsp3) is 0.273. The minimum Gasteiger partial charge on any atom is -0.384 e. The largest absolute Gasteiger partial charge is 0.384 e. The van der Waals surface area contributed by atoms with Crippen LogP contribution >= 0.6 is 27.7 Å². The van der Waals surface area contributed by atoms with Crippen molar-refractivity contribution in [3.63, 3.8) is 0 Å². The molecule has 88 valence electrons. The van der Waals surface area contributed by atoms with Crippen LogP contribution in [-0.2, 0) is 6.54 Å². The lowest BCUT2D eigenvalue weighted by Crippen LogP contribution is -2.18. The molecule has 2 aromatic rings. The molecule has 17 heavy (non-hydrogen) atoms. The number of aromatic nitrogens is 3. The molecule has 1 atom stereocenters. The number of nitrogens with one attached hydrogen (secondary N) is 1. The third kappa shape index (κ3) is 2.47. The standard InChI is InChI=1S/C11H11BrN4S/c12-10-14-11-16(15-10)7-9(17-11)6-13-8-4-2-1-3-5-8/h1-5,9,13H,6-7H2. The lowest BCUT2D eigenvalue weighted by molar-refractivity contribution is 0.580. The summed E-state index contributed by atoms with van der Waals surface area (Å²) in [6.45, 7) is 1.84. The Morgan fingerprint density at radius 3 is 3.00 bits per heavy atom. The van der Waals surface area contributed by atoms with Crippen molar-refractivity contribution in [1.82, 2.24) is 14.8 Å². The number of benzene rings is 1. The molecule has 4 nitrogen and oxygen atoms in total. The number of hydrogen-bond acceptors (Lipinski definition) is 4. The van der Waals surface area contributed by atoms with Crippen LogP contribution in [-0.4, -0.2) is 26.6 Å². The number of halogens is 1. The third-order valence-corrected chi connectivity index (χ3v) is 4.07. The van der Waals surface area contributed by atoms with Crippen molar-refractivity contribution >= 4 is 33.4 Å². The van der Waals surface area contributed by atoms with Crippen LogP contribution in [0.3, 0.4) is 0 Å². The Morgan fingerprint density at radius 2 is 2.24 bits per heavy atom. The average molecular weight is 311 g/mol. The van der Waals surface area contributed by atoms with Crippen molar-refractivity contribution in [1.29, 1.82) is 0 Å². The molecule has 1 aromatic carbocycles. The van der Waals surface area contributed by atoms with Crippen LogP contribution in [0.25, 0.3) is 0 Å². The van der Waals surface area contributed by atoms with Crippen molar-refractivity contribution in [2.24, 2.45) is 0 Å². The second-order valence-corrected chi connectivity index (χ2v) is 5.81. The van der Waals surface area contributed by atoms with E-state index in [-0.39, 0.29) is 0 Å². The normalized spacial score (nSPS) is 18.1. The highest BCUT2D eigenvalue weighted by atomic mass is 79.9. The number of hydrogen-bond donors (Lipinski definition) is 1. The highest BCUT2D eigenvalue weighted by molar-refractivity contribution is 9.10. The molecule has 0 saturated heterocycles. The zero-order chi connectivity index (χ0) is 11.7. The van der Waals surface area contributed by atoms with Gasteiger partial charge in [0.2, 0.25) is 4.73 Å². The van der Waals surface area contributed by atoms with Crippen molar-refractivity contribution in [3.05, 3.63) is 35.1 Å². The minimum atomic E-state index is 0.498. The summed E-state index contributed by atoms with van der Waals surface area (Å²) < 4.78 is 2.63. The van der Waals surface area contributed by atoms with Crippen LogP contribution in [0.4, 0.5) is 5.69 Å². The first-order valence-corrected chi connectivity index (χ1v) is 7.04. The predicted octanol–water partition coefficient (Wildman–Crippen LogP) is 2.63. The molecule has 1 aromatic heterocycles. The van der Waals surface area contributed by atoms with E-state index in [0.717, 1.165) is 23.9 Å². The van der Waals surface area contributed by atoms with Gasteiger partial charge in [0, 0.05) is 17.5 Å². The molecule has 1 unspecified atom stereocenters. The van der Waals surface area contributed by atoms with Gasteiger partial charge in [-0.25, -0.2) is 4.68 Å². The molecule has 1 aliphatic rings. The maximum absolute atomic E-state index is 4.30. The first-order valence-electron chi connectivity index (χ1n) is 5.37. The van der Waals surface area contributed by atoms with E-state index >= 15 is 0 Å². The first-order chi connectivity index (χ1) is 8.31. The summed E-state index contributed by atoms with van der Waals surface area (Å²) in [4.78, 5) is 4.30. The fourth-order valence-corrected chi connectivity index (χ4v) is 3.31. The molecule has 0 bridgehead atoms. The lowest BCUT2D eigenvalue weighted by atomic mass is 10.3. The minimum absolute atomic E-state index is 0.498. The van der Waals surface area contributed by atoms with Crippen molar-refractivity contribution in [3.8, 4) is 0 Å². The summed E-state index contributed by atoms with van der Waals surface area (Å²) in [6, 6.07) is 10.2. The smallest absolute Gasteiger partial charge is 0.218 e. The molecule has 2 heterocycles. The van der Waals surface area contributed by atoms with E-state index in [2.05, 4.69) is 43.5 Å². The number of nitrogens with zero attached hydrogens (tertiary/aromatic N) is 3. The molecule has 0 spiro atoms. The summed E-state index contributed by atoms with van der Waals surface area (Å²) in [7, 11) is 0. The van der Waals surface area contributed by atoms with Crippen molar-refractivity contribution in [2.45, 2.75) is 17.0 Å². The van der Waals surface area contributed by atoms with Gasteiger partial charge in [-0.3, -0.25) is 0 Å². The van der Waals surface area contributed by atoms with E-state index in [0.29, 0.717) is 9.98 Å². The fourth-order valence-electron chi connectivity index (χ4n) is 1.78. The molecular formula is C11H11BrN4S. The van der Waals surface area contributed by atoms with E-state index in [1.165, 1.54) is 0 Å². The van der Waals surface area contributed by atoms with Gasteiger partial charge in [0.1, 0.15) is 0 Å². The molecule has 1 aliphatic heterocycles. The summed E-state index contributed by atoms with van der Waals surface area (Å²) in [6.07, 6.45) is 0. The third-order valence-electron chi connectivity index (χ3n) is 2.57. The summed E-state index contributed by atoms with van der Waals surface area (Å²) in [5.41, 5.74) is 1.16. The zero-order valence-electron chi connectivity index (χ0n) is 9.01. The van der Waals surface area contributed by atoms with Gasteiger partial charge < -0.3 is 5.32 Å². The molecule has 1 N–H and O–H groups in total. The summed E-state index contributed by atoms with van der Waals surface area (Å²) in [5.74, 6) is 0. The predicted molar refractivity (Wildman–Crippen MR) is 72.3 cm³/mol. The van der Waals surface area contributed by atoms with Gasteiger partial charge in [-0.2, -0.15) is 4.98 Å². The molecular weight excluding hydrogens is 300 g/mol. The van der Waals surface area contributed by atoms with Gasteiger partial charge >= 0.3 is 0 Å². The molecule has 0 saturated carbocycles. The topological polar surface area (TPSA) is 42.7 Å². The second kappa shape index (κ2) is 4.70. The van der Waals surface area contributed by atoms with Gasteiger partial charge in [0.05, 0.1) is 6.54 Å². The van der Waals surface area contributed by atoms with Crippen molar-refractivity contribution < 1.29 is 0 Å². The number of thioether (sulfide) groups is 1. The van der Waals surface area contributed by atoms with E-state index in [1.54, 1.807) is 11.8 Å². The van der Waals surface area contributed by atoms with Crippen molar-refractivity contribution in [2.75, 3.05) is 11.9 Å². The quantitative estimate of drug-likeness (QED) is 0.946. The monoisotopic (exact) mass is 310 g/mol. The SMILES string of the molecule is Brc1nc2n(n1)CC(CNc1ccccc1)S2. The van der Waals surface area contributed by atoms with E-state index in [1.807, 2.05) is 22.9 Å². The van der Waals surface area contributed by atoms with E-state index < -0.39 is 0 Å². The van der Waals surface area contributed by atoms with Crippen LogP contribution in [0.2, 0.25) is 0 Å². The summed E-state index contributed by atoms with van der Waals surface area (Å²) >= 11 is 5.05. The van der Waals surface area contributed by atoms with Crippen LogP contribution in [0.15, 0.2) is 40.2 Å². The summed E-state index contributed by atoms with van der Waals surface area (Å²) in [5, 5.41) is 9.19. The number of fused-ring (bicyclic) bond motifs is 1. The number of anilines is 1. The maximum atomic E-state index is 4.30. The average Bonchev–Trinajstić information content (AvgIpc) is 2.84. The van der Waals surface area contributed by atoms with Crippen LogP contribution in [0.1, 0.15) is 0 Å². The maximum Gasteiger partial charge on any atom is 0.218 e. The highest BCUT2D eigenvalue weighted by Gasteiger charge is 2.24. The Balaban J connectivity index is 1.57. The van der Waals surface area contributed by atoms with Gasteiger partial charge in [-0.1, -0.05) is 30.0 Å². The second-order valence-electron chi connectivity index (χ2n) is 3.83. The Bertz CT molecular complexity index is 490. The Morgan fingerprint density at radius 1 is 1.41 bits per heavy atom. The van der Waals surface area contributed by atoms with Gasteiger partial charge in [0.15, 0.2) is 5.16 Å². The molecule has 0 fully saturated rings.